The van der Waals surface area contributed by atoms with Crippen LogP contribution in [0.3, 0.4) is 0 Å². The summed E-state index contributed by atoms with van der Waals surface area (Å²) in [6.45, 7) is 6.68. The van der Waals surface area contributed by atoms with E-state index in [0.717, 1.165) is 9.50 Å². The van der Waals surface area contributed by atoms with Crippen molar-refractivity contribution in [2.75, 3.05) is 0 Å². The predicted octanol–water partition coefficient (Wildman–Crippen LogP) is 6.88. The lowest BCUT2D eigenvalue weighted by molar-refractivity contribution is 0.590. The summed E-state index contributed by atoms with van der Waals surface area (Å²) in [4.78, 5) is 0.171. The van der Waals surface area contributed by atoms with Crippen molar-refractivity contribution >= 4 is 43.5 Å². The summed E-state index contributed by atoms with van der Waals surface area (Å²) in [5.41, 5.74) is 3.96. The topological polar surface area (TPSA) is 0 Å². The molecule has 1 atom stereocenters. The number of rotatable bonds is 2. The minimum Gasteiger partial charge on any atom is -0.0831 e. The summed E-state index contributed by atoms with van der Waals surface area (Å²) in [5.74, 6) is 0. The lowest BCUT2D eigenvalue weighted by atomic mass is 9.86. The fraction of sp³-hybridized carbons (Fsp3) is 0.294. The lowest BCUT2D eigenvalue weighted by Gasteiger charge is -2.20. The van der Waals surface area contributed by atoms with E-state index in [9.17, 15) is 0 Å². The van der Waals surface area contributed by atoms with Gasteiger partial charge in [0.25, 0.3) is 0 Å². The average molecular weight is 417 g/mol. The highest BCUT2D eigenvalue weighted by Gasteiger charge is 2.15. The molecule has 0 N–H and O–H groups in total. The molecule has 0 amide bonds. The molecule has 0 aliphatic carbocycles. The second-order valence-corrected chi connectivity index (χ2v) is 8.09. The number of alkyl halides is 1. The van der Waals surface area contributed by atoms with E-state index in [2.05, 4.69) is 83.0 Å². The summed E-state index contributed by atoms with van der Waals surface area (Å²) in [6, 6.07) is 14.8. The van der Waals surface area contributed by atoms with Gasteiger partial charge in [0.1, 0.15) is 0 Å². The maximum absolute atomic E-state index is 6.04. The highest BCUT2D eigenvalue weighted by molar-refractivity contribution is 9.10. The van der Waals surface area contributed by atoms with Crippen LogP contribution in [0.25, 0.3) is 0 Å². The van der Waals surface area contributed by atoms with E-state index in [1.54, 1.807) is 0 Å². The van der Waals surface area contributed by atoms with Crippen LogP contribution < -0.4 is 0 Å². The smallest absolute Gasteiger partial charge is 0.0645 e. The van der Waals surface area contributed by atoms with E-state index in [0.29, 0.717) is 0 Å². The van der Waals surface area contributed by atoms with Crippen LogP contribution in [0, 0.1) is 0 Å². The molecule has 1 unspecified atom stereocenters. The Morgan fingerprint density at radius 3 is 2.00 bits per heavy atom. The van der Waals surface area contributed by atoms with Crippen LogP contribution >= 0.6 is 43.5 Å². The Morgan fingerprint density at radius 1 is 0.950 bits per heavy atom. The first-order chi connectivity index (χ1) is 9.29. The molecule has 2 rings (SSSR count). The predicted molar refractivity (Wildman–Crippen MR) is 95.1 cm³/mol. The summed E-state index contributed by atoms with van der Waals surface area (Å²) in [6.07, 6.45) is 0. The quantitative estimate of drug-likeness (QED) is 0.468. The highest BCUT2D eigenvalue weighted by atomic mass is 79.9. The first kappa shape index (κ1) is 16.1. The van der Waals surface area contributed by atoms with Gasteiger partial charge in [-0.05, 0) is 50.2 Å². The minimum atomic E-state index is 0.171. The summed E-state index contributed by atoms with van der Waals surface area (Å²) in [7, 11) is 0. The average Bonchev–Trinajstić information content (AvgIpc) is 2.40. The van der Waals surface area contributed by atoms with Crippen molar-refractivity contribution in [1.29, 1.82) is 0 Å². The number of hydrogen-bond donors (Lipinski definition) is 0. The molecule has 0 aromatic heterocycles. The van der Waals surface area contributed by atoms with E-state index in [4.69, 9.17) is 11.6 Å². The first-order valence-corrected chi connectivity index (χ1v) is 8.57. The Labute approximate surface area is 142 Å². The Morgan fingerprint density at radius 2 is 1.50 bits per heavy atom. The van der Waals surface area contributed by atoms with E-state index in [1.807, 2.05) is 12.1 Å². The molecule has 0 radical (unpaired) electrons. The molecule has 0 heterocycles. The molecule has 0 aliphatic heterocycles. The van der Waals surface area contributed by atoms with Crippen LogP contribution in [0.4, 0.5) is 0 Å². The number of benzene rings is 2. The Kier molecular flexibility index (Phi) is 4.99. The van der Waals surface area contributed by atoms with Gasteiger partial charge in [0.15, 0.2) is 0 Å². The number of halogens is 3. The molecule has 20 heavy (non-hydrogen) atoms. The van der Waals surface area contributed by atoms with E-state index in [-0.39, 0.29) is 10.2 Å². The maximum Gasteiger partial charge on any atom is 0.0645 e. The van der Waals surface area contributed by atoms with Gasteiger partial charge in [-0.15, -0.1) is 0 Å². The minimum absolute atomic E-state index is 0.171. The monoisotopic (exact) mass is 414 g/mol. The molecule has 0 fully saturated rings. The normalized spacial score (nSPS) is 13.3. The van der Waals surface area contributed by atoms with Gasteiger partial charge in [-0.25, -0.2) is 0 Å². The molecule has 0 nitrogen and oxygen atoms in total. The van der Waals surface area contributed by atoms with Crippen LogP contribution in [0.5, 0.6) is 0 Å². The van der Waals surface area contributed by atoms with Gasteiger partial charge in [0.05, 0.1) is 9.85 Å². The van der Waals surface area contributed by atoms with E-state index >= 15 is 0 Å². The summed E-state index contributed by atoms with van der Waals surface area (Å²) in [5, 5.41) is 0.733. The van der Waals surface area contributed by atoms with Crippen LogP contribution in [-0.2, 0) is 5.41 Å². The molecule has 0 saturated carbocycles. The standard InChI is InChI=1S/C17H17Br2Cl/c1-17(2,3)13-7-4-11(5-8-13)16(19)12-6-9-15(20)14(18)10-12/h4-10,16H,1-3H3. The van der Waals surface area contributed by atoms with Crippen molar-refractivity contribution in [1.82, 2.24) is 0 Å². The molecule has 2 aromatic rings. The second kappa shape index (κ2) is 6.21. The van der Waals surface area contributed by atoms with E-state index in [1.165, 1.54) is 16.7 Å². The van der Waals surface area contributed by atoms with Crippen molar-refractivity contribution in [2.45, 2.75) is 31.0 Å². The third-order valence-corrected chi connectivity index (χ3v) is 5.58. The van der Waals surface area contributed by atoms with Crippen molar-refractivity contribution in [2.24, 2.45) is 0 Å². The molecule has 2 aromatic carbocycles. The highest BCUT2D eigenvalue weighted by Crippen LogP contribution is 2.35. The Balaban J connectivity index is 2.29. The largest absolute Gasteiger partial charge is 0.0831 e. The third-order valence-electron chi connectivity index (χ3n) is 3.31. The summed E-state index contributed by atoms with van der Waals surface area (Å²) < 4.78 is 0.924. The Hall–Kier alpha value is -0.310. The zero-order valence-electron chi connectivity index (χ0n) is 11.8. The van der Waals surface area contributed by atoms with Crippen LogP contribution in [0.15, 0.2) is 46.9 Å². The molecular weight excluding hydrogens is 399 g/mol. The fourth-order valence-electron chi connectivity index (χ4n) is 2.01. The fourth-order valence-corrected chi connectivity index (χ4v) is 3.12. The Bertz CT molecular complexity index is 597. The van der Waals surface area contributed by atoms with Gasteiger partial charge in [0, 0.05) is 4.47 Å². The molecule has 3 heteroatoms. The van der Waals surface area contributed by atoms with Crippen LogP contribution in [-0.4, -0.2) is 0 Å². The van der Waals surface area contributed by atoms with Crippen LogP contribution in [0.1, 0.15) is 42.3 Å². The SMILES string of the molecule is CC(C)(C)c1ccc(C(Br)c2ccc(Cl)c(Br)c2)cc1. The maximum atomic E-state index is 6.04. The van der Waals surface area contributed by atoms with Crippen LogP contribution in [0.2, 0.25) is 5.02 Å². The number of hydrogen-bond acceptors (Lipinski definition) is 0. The van der Waals surface area contributed by atoms with Gasteiger partial charge in [-0.3, -0.25) is 0 Å². The van der Waals surface area contributed by atoms with Gasteiger partial charge in [0.2, 0.25) is 0 Å². The molecule has 0 aliphatic rings. The second-order valence-electron chi connectivity index (χ2n) is 5.91. The van der Waals surface area contributed by atoms with Gasteiger partial charge in [-0.1, -0.05) is 78.6 Å². The molecule has 0 saturated heterocycles. The van der Waals surface area contributed by atoms with Gasteiger partial charge < -0.3 is 0 Å². The van der Waals surface area contributed by atoms with Crippen molar-refractivity contribution in [3.63, 3.8) is 0 Å². The van der Waals surface area contributed by atoms with E-state index < -0.39 is 0 Å². The third kappa shape index (κ3) is 3.66. The molecule has 0 bridgehead atoms. The van der Waals surface area contributed by atoms with Crippen molar-refractivity contribution in [3.8, 4) is 0 Å². The van der Waals surface area contributed by atoms with Gasteiger partial charge in [-0.2, -0.15) is 0 Å². The van der Waals surface area contributed by atoms with Crippen molar-refractivity contribution in [3.05, 3.63) is 68.7 Å². The molecular formula is C17H17Br2Cl. The summed E-state index contributed by atoms with van der Waals surface area (Å²) >= 11 is 13.3. The van der Waals surface area contributed by atoms with Crippen molar-refractivity contribution < 1.29 is 0 Å². The zero-order valence-corrected chi connectivity index (χ0v) is 15.7. The van der Waals surface area contributed by atoms with Gasteiger partial charge >= 0.3 is 0 Å². The molecule has 106 valence electrons. The first-order valence-electron chi connectivity index (χ1n) is 6.48. The lowest BCUT2D eigenvalue weighted by Crippen LogP contribution is -2.10. The molecule has 0 spiro atoms. The zero-order chi connectivity index (χ0) is 14.9.